The van der Waals surface area contributed by atoms with Crippen molar-refractivity contribution in [2.24, 2.45) is 0 Å². The van der Waals surface area contributed by atoms with Crippen LogP contribution in [-0.2, 0) is 19.1 Å². The number of hydrogen-bond donors (Lipinski definition) is 0. The van der Waals surface area contributed by atoms with Crippen molar-refractivity contribution in [1.82, 2.24) is 0 Å². The van der Waals surface area contributed by atoms with Crippen molar-refractivity contribution in [3.05, 3.63) is 0 Å². The third kappa shape index (κ3) is 5.41. The summed E-state index contributed by atoms with van der Waals surface area (Å²) < 4.78 is 78.3. The number of ether oxygens (including phenoxy) is 2. The van der Waals surface area contributed by atoms with Crippen LogP contribution < -0.4 is 0 Å². The number of carbonyl (C=O) groups is 2. The summed E-state index contributed by atoms with van der Waals surface area (Å²) in [5.41, 5.74) is 0. The molecular weight excluding hydrogens is 262 g/mol. The first kappa shape index (κ1) is 15.5. The zero-order valence-electron chi connectivity index (χ0n) is 8.19. The molecule has 0 bridgehead atoms. The molecule has 0 atom stereocenters. The molecule has 0 heterocycles. The minimum absolute atomic E-state index is 0.806. The maximum absolute atomic E-state index is 11.9. The first-order chi connectivity index (χ1) is 7.48. The summed E-state index contributed by atoms with van der Waals surface area (Å²) in [7, 11) is 0.806. The predicted molar refractivity (Wildman–Crippen MR) is 38.6 cm³/mol. The van der Waals surface area contributed by atoms with Crippen LogP contribution in [0.4, 0.5) is 26.3 Å². The number of esters is 2. The van der Waals surface area contributed by atoms with E-state index >= 15 is 0 Å². The van der Waals surface area contributed by atoms with Gasteiger partial charge in [-0.25, -0.2) is 0 Å². The van der Waals surface area contributed by atoms with E-state index in [9.17, 15) is 35.9 Å². The van der Waals surface area contributed by atoms with Crippen LogP contribution in [0, 0.1) is 0 Å². The van der Waals surface area contributed by atoms with E-state index in [1.54, 1.807) is 0 Å². The second-order valence-electron chi connectivity index (χ2n) is 2.71. The molecule has 100 valence electrons. The lowest BCUT2D eigenvalue weighted by atomic mass is 10.3. The molecule has 0 aromatic carbocycles. The van der Waals surface area contributed by atoms with Crippen LogP contribution in [0.15, 0.2) is 0 Å². The fraction of sp³-hybridized carbons (Fsp3) is 0.714. The van der Waals surface area contributed by atoms with E-state index in [0.717, 1.165) is 7.11 Å². The van der Waals surface area contributed by atoms with Gasteiger partial charge in [0.25, 0.3) is 6.10 Å². The quantitative estimate of drug-likeness (QED) is 0.443. The van der Waals surface area contributed by atoms with E-state index in [4.69, 9.17) is 0 Å². The summed E-state index contributed by atoms with van der Waals surface area (Å²) in [5, 5.41) is 0. The van der Waals surface area contributed by atoms with Gasteiger partial charge in [-0.15, -0.1) is 0 Å². The Hall–Kier alpha value is -1.48. The van der Waals surface area contributed by atoms with Crippen LogP contribution in [0.5, 0.6) is 0 Å². The monoisotopic (exact) mass is 268 g/mol. The number of alkyl halides is 6. The lowest BCUT2D eigenvalue weighted by Gasteiger charge is -2.22. The topological polar surface area (TPSA) is 52.6 Å². The van der Waals surface area contributed by atoms with Crippen molar-refractivity contribution in [2.75, 3.05) is 7.11 Å². The Morgan fingerprint density at radius 2 is 1.41 bits per heavy atom. The highest BCUT2D eigenvalue weighted by atomic mass is 19.4. The Morgan fingerprint density at radius 3 is 1.71 bits per heavy atom. The van der Waals surface area contributed by atoms with E-state index in [0.29, 0.717) is 0 Å². The van der Waals surface area contributed by atoms with Gasteiger partial charge < -0.3 is 9.47 Å². The molecule has 4 nitrogen and oxygen atoms in total. The van der Waals surface area contributed by atoms with Crippen LogP contribution in [0.3, 0.4) is 0 Å². The molecule has 0 aliphatic heterocycles. The molecule has 0 saturated heterocycles. The average Bonchev–Trinajstić information content (AvgIpc) is 2.10. The third-order valence-corrected chi connectivity index (χ3v) is 1.36. The molecule has 17 heavy (non-hydrogen) atoms. The number of carbonyl (C=O) groups excluding carboxylic acids is 2. The van der Waals surface area contributed by atoms with Crippen molar-refractivity contribution in [2.45, 2.75) is 24.9 Å². The van der Waals surface area contributed by atoms with Crippen molar-refractivity contribution < 1.29 is 45.4 Å². The highest BCUT2D eigenvalue weighted by Gasteiger charge is 2.59. The third-order valence-electron chi connectivity index (χ3n) is 1.36. The zero-order valence-corrected chi connectivity index (χ0v) is 8.19. The van der Waals surface area contributed by atoms with E-state index in [1.165, 1.54) is 0 Å². The fourth-order valence-corrected chi connectivity index (χ4v) is 0.682. The van der Waals surface area contributed by atoms with Gasteiger partial charge in [-0.1, -0.05) is 0 Å². The highest BCUT2D eigenvalue weighted by Crippen LogP contribution is 2.35. The van der Waals surface area contributed by atoms with Gasteiger partial charge in [-0.05, 0) is 0 Å². The standard InChI is InChI=1S/C7H6F6O4/c1-16-3(14)2-4(15)17-5(6(8,9)10)7(11,12)13/h5H,2H2,1H3. The first-order valence-corrected chi connectivity index (χ1v) is 3.88. The Labute approximate surface area is 90.5 Å². The van der Waals surface area contributed by atoms with Gasteiger partial charge in [-0.2, -0.15) is 26.3 Å². The van der Waals surface area contributed by atoms with Crippen molar-refractivity contribution in [3.63, 3.8) is 0 Å². The van der Waals surface area contributed by atoms with E-state index in [-0.39, 0.29) is 0 Å². The first-order valence-electron chi connectivity index (χ1n) is 3.88. The van der Waals surface area contributed by atoms with Crippen LogP contribution >= 0.6 is 0 Å². The largest absolute Gasteiger partial charge is 0.469 e. The van der Waals surface area contributed by atoms with Crippen LogP contribution in [0.2, 0.25) is 0 Å². The Morgan fingerprint density at radius 1 is 1.00 bits per heavy atom. The van der Waals surface area contributed by atoms with Gasteiger partial charge in [0.15, 0.2) is 0 Å². The number of methoxy groups -OCH3 is 1. The minimum Gasteiger partial charge on any atom is -0.469 e. The molecular formula is C7H6F6O4. The Bertz CT molecular complexity index is 280. The molecule has 0 saturated carbocycles. The second-order valence-corrected chi connectivity index (χ2v) is 2.71. The maximum Gasteiger partial charge on any atom is 0.434 e. The molecule has 0 aliphatic rings. The number of hydrogen-bond acceptors (Lipinski definition) is 4. The van der Waals surface area contributed by atoms with E-state index in [2.05, 4.69) is 9.47 Å². The lowest BCUT2D eigenvalue weighted by Crippen LogP contribution is -2.45. The van der Waals surface area contributed by atoms with Gasteiger partial charge in [0, 0.05) is 0 Å². The summed E-state index contributed by atoms with van der Waals surface area (Å²) in [6, 6.07) is 0. The SMILES string of the molecule is COC(=O)CC(=O)OC(C(F)(F)F)C(F)(F)F. The van der Waals surface area contributed by atoms with Crippen LogP contribution in [0.25, 0.3) is 0 Å². The summed E-state index contributed by atoms with van der Waals surface area (Å²) in [5.74, 6) is -3.28. The Kier molecular flexibility index (Phi) is 4.78. The molecule has 0 N–H and O–H groups in total. The molecule has 0 spiro atoms. The molecule has 0 amide bonds. The van der Waals surface area contributed by atoms with Crippen LogP contribution in [-0.4, -0.2) is 37.5 Å². The van der Waals surface area contributed by atoms with E-state index in [1.807, 2.05) is 0 Å². The van der Waals surface area contributed by atoms with Gasteiger partial charge in [0.05, 0.1) is 7.11 Å². The summed E-state index contributed by atoms with van der Waals surface area (Å²) in [6.45, 7) is 0. The number of rotatable bonds is 3. The molecule has 0 fully saturated rings. The average molecular weight is 268 g/mol. The molecule has 10 heteroatoms. The smallest absolute Gasteiger partial charge is 0.434 e. The second kappa shape index (κ2) is 5.23. The molecule has 0 radical (unpaired) electrons. The highest BCUT2D eigenvalue weighted by molar-refractivity contribution is 5.91. The van der Waals surface area contributed by atoms with Crippen molar-refractivity contribution in [3.8, 4) is 0 Å². The van der Waals surface area contributed by atoms with Gasteiger partial charge in [-0.3, -0.25) is 9.59 Å². The normalized spacial score (nSPS) is 12.5. The summed E-state index contributed by atoms with van der Waals surface area (Å²) in [6.07, 6.45) is -17.2. The van der Waals surface area contributed by atoms with Crippen LogP contribution in [0.1, 0.15) is 6.42 Å². The van der Waals surface area contributed by atoms with E-state index < -0.39 is 36.8 Å². The number of halogens is 6. The maximum atomic E-state index is 11.9. The van der Waals surface area contributed by atoms with Gasteiger partial charge in [0.2, 0.25) is 0 Å². The molecule has 0 aromatic rings. The fourth-order valence-electron chi connectivity index (χ4n) is 0.682. The molecule has 0 aliphatic carbocycles. The van der Waals surface area contributed by atoms with Gasteiger partial charge in [0.1, 0.15) is 6.42 Å². The summed E-state index contributed by atoms with van der Waals surface area (Å²) >= 11 is 0. The zero-order chi connectivity index (χ0) is 13.9. The predicted octanol–water partition coefficient (Wildman–Crippen LogP) is 1.59. The minimum atomic E-state index is -5.80. The lowest BCUT2D eigenvalue weighted by molar-refractivity contribution is -0.313. The summed E-state index contributed by atoms with van der Waals surface area (Å²) in [4.78, 5) is 21.0. The van der Waals surface area contributed by atoms with Gasteiger partial charge >= 0.3 is 24.3 Å². The van der Waals surface area contributed by atoms with Crippen molar-refractivity contribution >= 4 is 11.9 Å². The molecule has 0 aromatic heterocycles. The molecule has 0 unspecified atom stereocenters. The van der Waals surface area contributed by atoms with Crippen molar-refractivity contribution in [1.29, 1.82) is 0 Å². The Balaban J connectivity index is 4.68. The molecule has 0 rings (SSSR count).